The van der Waals surface area contributed by atoms with Gasteiger partial charge in [-0.1, -0.05) is 49.7 Å². The molecule has 0 aliphatic carbocycles. The van der Waals surface area contributed by atoms with Gasteiger partial charge in [-0.15, -0.1) is 0 Å². The smallest absolute Gasteiger partial charge is 0.195 e. The lowest BCUT2D eigenvalue weighted by molar-refractivity contribution is -0.130. The minimum atomic E-state index is -0.751. The molecule has 2 aliphatic heterocycles. The molecular weight excluding hydrogens is 372 g/mol. The van der Waals surface area contributed by atoms with Gasteiger partial charge in [0.1, 0.15) is 17.5 Å². The highest BCUT2D eigenvalue weighted by Crippen LogP contribution is 2.46. The fourth-order valence-electron chi connectivity index (χ4n) is 4.44. The van der Waals surface area contributed by atoms with Crippen LogP contribution in [-0.4, -0.2) is 22.6 Å². The fourth-order valence-corrected chi connectivity index (χ4v) is 4.56. The van der Waals surface area contributed by atoms with Crippen LogP contribution in [0.1, 0.15) is 50.3 Å². The average molecular weight is 397 g/mol. The summed E-state index contributed by atoms with van der Waals surface area (Å²) in [6.07, 6.45) is 2.44. The predicted molar refractivity (Wildman–Crippen MR) is 113 cm³/mol. The van der Waals surface area contributed by atoms with E-state index < -0.39 is 11.7 Å². The molecule has 3 nitrogen and oxygen atoms in total. The summed E-state index contributed by atoms with van der Waals surface area (Å²) in [7, 11) is 0. The van der Waals surface area contributed by atoms with Crippen LogP contribution in [-0.2, 0) is 22.4 Å². The Hall–Kier alpha value is -2.10. The molecule has 0 radical (unpaired) electrons. The van der Waals surface area contributed by atoms with Gasteiger partial charge in [-0.25, -0.2) is 0 Å². The van der Waals surface area contributed by atoms with Gasteiger partial charge in [0.05, 0.1) is 5.57 Å². The predicted octanol–water partition coefficient (Wildman–Crippen LogP) is 5.92. The van der Waals surface area contributed by atoms with E-state index in [0.29, 0.717) is 23.4 Å². The number of ether oxygens (including phenoxy) is 1. The molecule has 2 aromatic rings. The first kappa shape index (κ1) is 19.2. The molecule has 2 heterocycles. The minimum absolute atomic E-state index is 0.0869. The second-order valence-corrected chi connectivity index (χ2v) is 8.28. The van der Waals surface area contributed by atoms with Crippen molar-refractivity contribution in [1.29, 1.82) is 0 Å². The van der Waals surface area contributed by atoms with E-state index in [1.807, 2.05) is 31.2 Å². The number of carbonyl (C=O) groups excluding carboxylic acids is 1. The maximum absolute atomic E-state index is 13.1. The molecule has 2 bridgehead atoms. The highest BCUT2D eigenvalue weighted by Gasteiger charge is 2.50. The number of aryl methyl sites for hydroxylation is 2. The van der Waals surface area contributed by atoms with Crippen LogP contribution in [0.2, 0.25) is 5.02 Å². The number of benzene rings is 2. The topological polar surface area (TPSA) is 46.5 Å². The van der Waals surface area contributed by atoms with Gasteiger partial charge in [0.2, 0.25) is 0 Å². The van der Waals surface area contributed by atoms with Gasteiger partial charge in [0.15, 0.2) is 5.78 Å². The molecule has 0 saturated carbocycles. The molecule has 2 atom stereocenters. The third-order valence-corrected chi connectivity index (χ3v) is 6.31. The Balaban J connectivity index is 1.92. The molecule has 2 aliphatic rings. The van der Waals surface area contributed by atoms with Gasteiger partial charge >= 0.3 is 0 Å². The summed E-state index contributed by atoms with van der Waals surface area (Å²) < 4.78 is 5.84. The summed E-state index contributed by atoms with van der Waals surface area (Å²) in [4.78, 5) is 13.1. The second kappa shape index (κ2) is 7.06. The summed E-state index contributed by atoms with van der Waals surface area (Å²) in [5, 5.41) is 11.7. The number of aliphatic hydroxyl groups is 1. The first-order valence-electron chi connectivity index (χ1n) is 9.95. The third-order valence-electron chi connectivity index (χ3n) is 6.05. The molecule has 0 aromatic heterocycles. The Labute approximate surface area is 171 Å². The number of fused-ring (bicyclic) bond motifs is 2. The van der Waals surface area contributed by atoms with Crippen molar-refractivity contribution in [3.8, 4) is 11.1 Å². The zero-order valence-electron chi connectivity index (χ0n) is 16.5. The molecule has 0 amide bonds. The number of halogens is 1. The lowest BCUT2D eigenvalue weighted by Gasteiger charge is -2.32. The van der Waals surface area contributed by atoms with Gasteiger partial charge in [-0.05, 0) is 72.6 Å². The number of rotatable bonds is 4. The first-order chi connectivity index (χ1) is 13.4. The molecule has 28 heavy (non-hydrogen) atoms. The van der Waals surface area contributed by atoms with Crippen LogP contribution in [0.25, 0.3) is 16.7 Å². The number of hydrogen-bond acceptors (Lipinski definition) is 3. The Kier molecular flexibility index (Phi) is 4.84. The van der Waals surface area contributed by atoms with Crippen molar-refractivity contribution in [2.45, 2.75) is 58.2 Å². The van der Waals surface area contributed by atoms with E-state index in [-0.39, 0.29) is 11.5 Å². The van der Waals surface area contributed by atoms with E-state index in [1.165, 1.54) is 0 Å². The van der Waals surface area contributed by atoms with E-state index >= 15 is 0 Å². The van der Waals surface area contributed by atoms with Crippen molar-refractivity contribution in [3.63, 3.8) is 0 Å². The SMILES string of the molecule is CCc1cc(-c2ccc(Cl)cc2)cc(CC)c1C1=C(O)[C@@]2(C)CC[C@@H](O2)C1=O. The summed E-state index contributed by atoms with van der Waals surface area (Å²) in [6.45, 7) is 6.05. The lowest BCUT2D eigenvalue weighted by atomic mass is 9.83. The Morgan fingerprint density at radius 3 is 2.29 bits per heavy atom. The van der Waals surface area contributed by atoms with Crippen molar-refractivity contribution in [2.24, 2.45) is 0 Å². The molecule has 1 fully saturated rings. The van der Waals surface area contributed by atoms with Crippen molar-refractivity contribution >= 4 is 23.0 Å². The number of carbonyl (C=O) groups is 1. The van der Waals surface area contributed by atoms with Crippen LogP contribution in [0.3, 0.4) is 0 Å². The Bertz CT molecular complexity index is 949. The van der Waals surface area contributed by atoms with E-state index in [9.17, 15) is 9.90 Å². The van der Waals surface area contributed by atoms with Gasteiger partial charge in [-0.2, -0.15) is 0 Å². The number of ketones is 1. The largest absolute Gasteiger partial charge is 0.508 e. The highest BCUT2D eigenvalue weighted by molar-refractivity contribution is 6.30. The van der Waals surface area contributed by atoms with Crippen molar-refractivity contribution in [2.75, 3.05) is 0 Å². The quantitative estimate of drug-likeness (QED) is 0.697. The van der Waals surface area contributed by atoms with Gasteiger partial charge in [0, 0.05) is 5.02 Å². The van der Waals surface area contributed by atoms with Crippen molar-refractivity contribution < 1.29 is 14.6 Å². The second-order valence-electron chi connectivity index (χ2n) is 7.85. The summed E-state index contributed by atoms with van der Waals surface area (Å²) in [5.41, 5.74) is 4.94. The van der Waals surface area contributed by atoms with E-state index in [0.717, 1.165) is 40.7 Å². The molecule has 0 unspecified atom stereocenters. The van der Waals surface area contributed by atoms with Crippen LogP contribution >= 0.6 is 11.6 Å². The maximum Gasteiger partial charge on any atom is 0.195 e. The highest BCUT2D eigenvalue weighted by atomic mass is 35.5. The minimum Gasteiger partial charge on any atom is -0.508 e. The summed E-state index contributed by atoms with van der Waals surface area (Å²) in [6, 6.07) is 12.0. The standard InChI is InChI=1S/C24H25ClO3/c1-4-14-12-17(16-6-8-18(25)9-7-16)13-15(5-2)20(14)21-22(26)19-10-11-24(3,28-19)23(21)27/h6-9,12-13,19,27H,4-5,10-11H2,1-3H3/t19-,24-/m1/s1. The molecule has 4 heteroatoms. The first-order valence-corrected chi connectivity index (χ1v) is 10.3. The molecule has 0 spiro atoms. The summed E-state index contributed by atoms with van der Waals surface area (Å²) >= 11 is 6.04. The van der Waals surface area contributed by atoms with E-state index in [1.54, 1.807) is 0 Å². The zero-order valence-corrected chi connectivity index (χ0v) is 17.3. The average Bonchev–Trinajstić information content (AvgIpc) is 3.08. The number of aliphatic hydroxyl groups excluding tert-OH is 1. The Morgan fingerprint density at radius 1 is 1.11 bits per heavy atom. The lowest BCUT2D eigenvalue weighted by Crippen LogP contribution is -2.38. The van der Waals surface area contributed by atoms with Crippen molar-refractivity contribution in [3.05, 3.63) is 63.9 Å². The fraction of sp³-hybridized carbons (Fsp3) is 0.375. The number of Topliss-reactive ketones (excluding diaryl/α,β-unsaturated/α-hetero) is 1. The van der Waals surface area contributed by atoms with Crippen LogP contribution in [0.15, 0.2) is 42.2 Å². The van der Waals surface area contributed by atoms with Gasteiger partial charge < -0.3 is 9.84 Å². The van der Waals surface area contributed by atoms with Gasteiger partial charge in [-0.3, -0.25) is 4.79 Å². The summed E-state index contributed by atoms with van der Waals surface area (Å²) in [5.74, 6) is 0.00557. The van der Waals surface area contributed by atoms with E-state index in [2.05, 4.69) is 26.0 Å². The molecule has 4 rings (SSSR count). The zero-order chi connectivity index (χ0) is 20.1. The number of hydrogen-bond donors (Lipinski definition) is 1. The third kappa shape index (κ3) is 2.98. The van der Waals surface area contributed by atoms with Crippen LogP contribution in [0, 0.1) is 0 Å². The van der Waals surface area contributed by atoms with Crippen LogP contribution in [0.4, 0.5) is 0 Å². The van der Waals surface area contributed by atoms with Gasteiger partial charge in [0.25, 0.3) is 0 Å². The molecule has 1 saturated heterocycles. The maximum atomic E-state index is 13.1. The molecule has 2 aromatic carbocycles. The molecular formula is C24H25ClO3. The Morgan fingerprint density at radius 2 is 1.71 bits per heavy atom. The monoisotopic (exact) mass is 396 g/mol. The van der Waals surface area contributed by atoms with Crippen LogP contribution in [0.5, 0.6) is 0 Å². The van der Waals surface area contributed by atoms with E-state index in [4.69, 9.17) is 16.3 Å². The molecule has 146 valence electrons. The van der Waals surface area contributed by atoms with Crippen molar-refractivity contribution in [1.82, 2.24) is 0 Å². The molecule has 1 N–H and O–H groups in total. The normalized spacial score (nSPS) is 24.1. The van der Waals surface area contributed by atoms with Crippen LogP contribution < -0.4 is 0 Å².